The first-order chi connectivity index (χ1) is 17.8. The molecule has 0 radical (unpaired) electrons. The van der Waals surface area contributed by atoms with Crippen molar-refractivity contribution in [3.8, 4) is 23.0 Å². The number of aliphatic hydroxyl groups excluding tert-OH is 1. The number of benzene rings is 3. The van der Waals surface area contributed by atoms with Crippen molar-refractivity contribution in [2.75, 3.05) is 32.8 Å². The van der Waals surface area contributed by atoms with Crippen LogP contribution in [0.2, 0.25) is 0 Å². The van der Waals surface area contributed by atoms with E-state index in [2.05, 4.69) is 15.9 Å². The molecule has 1 unspecified atom stereocenters. The molecule has 3 aromatic carbocycles. The molecule has 1 fully saturated rings. The highest BCUT2D eigenvalue weighted by atomic mass is 79.9. The zero-order valence-electron chi connectivity index (χ0n) is 20.8. The highest BCUT2D eigenvalue weighted by Gasteiger charge is 2.47. The number of carbonyl (C=O) groups excluding carboxylic acids is 2. The first kappa shape index (κ1) is 26.1. The molecule has 0 saturated carbocycles. The van der Waals surface area contributed by atoms with Gasteiger partial charge in [0, 0.05) is 11.3 Å². The molecule has 8 nitrogen and oxygen atoms in total. The first-order valence-corrected chi connectivity index (χ1v) is 12.2. The van der Waals surface area contributed by atoms with Crippen LogP contribution >= 0.6 is 15.9 Å². The van der Waals surface area contributed by atoms with E-state index in [1.807, 2.05) is 6.92 Å². The summed E-state index contributed by atoms with van der Waals surface area (Å²) in [5, 5.41) is 11.4. The molecule has 1 N–H and O–H groups in total. The van der Waals surface area contributed by atoms with Crippen LogP contribution in [0.1, 0.15) is 24.1 Å². The molecule has 3 aromatic rings. The van der Waals surface area contributed by atoms with E-state index in [1.54, 1.807) is 67.8 Å². The smallest absolute Gasteiger partial charge is 0.300 e. The van der Waals surface area contributed by atoms with Crippen LogP contribution in [0.3, 0.4) is 0 Å². The SMILES string of the molecule is CCOc1cc(C2/C(=C(/O)c3ccc(OC)c(Br)c3)C(=O)C(=O)N2c2ccc(OC)cc2)ccc1OC. The first-order valence-electron chi connectivity index (χ1n) is 11.4. The van der Waals surface area contributed by atoms with Gasteiger partial charge in [-0.2, -0.15) is 0 Å². The van der Waals surface area contributed by atoms with E-state index >= 15 is 0 Å². The van der Waals surface area contributed by atoms with Gasteiger partial charge < -0.3 is 24.1 Å². The molecule has 0 aliphatic carbocycles. The molecule has 37 heavy (non-hydrogen) atoms. The number of carbonyl (C=O) groups is 2. The molecule has 1 saturated heterocycles. The third kappa shape index (κ3) is 4.86. The van der Waals surface area contributed by atoms with Crippen LogP contribution in [-0.2, 0) is 9.59 Å². The van der Waals surface area contributed by atoms with E-state index in [0.29, 0.717) is 50.9 Å². The monoisotopic (exact) mass is 567 g/mol. The Labute approximate surface area is 223 Å². The maximum absolute atomic E-state index is 13.4. The minimum atomic E-state index is -0.931. The van der Waals surface area contributed by atoms with Crippen molar-refractivity contribution in [1.82, 2.24) is 0 Å². The number of amides is 1. The Kier molecular flexibility index (Phi) is 7.73. The normalized spacial score (nSPS) is 16.6. The molecule has 1 heterocycles. The fourth-order valence-electron chi connectivity index (χ4n) is 4.26. The van der Waals surface area contributed by atoms with Crippen molar-refractivity contribution in [2.24, 2.45) is 0 Å². The summed E-state index contributed by atoms with van der Waals surface area (Å²) in [5.74, 6) is 0.237. The van der Waals surface area contributed by atoms with Gasteiger partial charge in [-0.3, -0.25) is 14.5 Å². The van der Waals surface area contributed by atoms with Crippen LogP contribution in [0.15, 0.2) is 70.7 Å². The maximum atomic E-state index is 13.4. The standard InChI is InChI=1S/C28H26BrNO7/c1-5-37-23-15-16(6-13-22(23)36-4)25-24(26(31)17-7-12-21(35-3)20(29)14-17)27(32)28(33)30(25)18-8-10-19(34-2)11-9-18/h6-15,25,31H,5H2,1-4H3/b26-24-. The van der Waals surface area contributed by atoms with Crippen molar-refractivity contribution in [1.29, 1.82) is 0 Å². The van der Waals surface area contributed by atoms with Gasteiger partial charge in [0.25, 0.3) is 11.7 Å². The van der Waals surface area contributed by atoms with E-state index in [4.69, 9.17) is 18.9 Å². The molecule has 0 spiro atoms. The number of hydrogen-bond acceptors (Lipinski definition) is 7. The van der Waals surface area contributed by atoms with Gasteiger partial charge in [0.2, 0.25) is 0 Å². The largest absolute Gasteiger partial charge is 0.507 e. The number of ketones is 1. The number of methoxy groups -OCH3 is 3. The number of halogens is 1. The van der Waals surface area contributed by atoms with Crippen LogP contribution in [0.4, 0.5) is 5.69 Å². The van der Waals surface area contributed by atoms with Crippen molar-refractivity contribution < 1.29 is 33.6 Å². The summed E-state index contributed by atoms with van der Waals surface area (Å²) in [6.07, 6.45) is 0. The third-order valence-electron chi connectivity index (χ3n) is 6.02. The van der Waals surface area contributed by atoms with Gasteiger partial charge in [0.1, 0.15) is 17.3 Å². The van der Waals surface area contributed by atoms with E-state index in [0.717, 1.165) is 0 Å². The number of aliphatic hydroxyl groups is 1. The number of anilines is 1. The number of ether oxygens (including phenoxy) is 4. The van der Waals surface area contributed by atoms with Crippen LogP contribution in [-0.4, -0.2) is 44.7 Å². The van der Waals surface area contributed by atoms with Crippen LogP contribution in [0, 0.1) is 0 Å². The molecule has 1 amide bonds. The topological polar surface area (TPSA) is 94.5 Å². The number of nitrogens with zero attached hydrogens (tertiary/aromatic N) is 1. The fraction of sp³-hybridized carbons (Fsp3) is 0.214. The lowest BCUT2D eigenvalue weighted by molar-refractivity contribution is -0.132. The Balaban J connectivity index is 1.95. The predicted molar refractivity (Wildman–Crippen MR) is 143 cm³/mol. The Morgan fingerprint density at radius 3 is 2.16 bits per heavy atom. The molecule has 1 aliphatic rings. The zero-order chi connectivity index (χ0) is 26.7. The average Bonchev–Trinajstić information content (AvgIpc) is 3.18. The van der Waals surface area contributed by atoms with Crippen molar-refractivity contribution >= 4 is 39.1 Å². The van der Waals surface area contributed by atoms with Crippen molar-refractivity contribution in [3.05, 3.63) is 81.8 Å². The second-order valence-corrected chi connectivity index (χ2v) is 8.91. The van der Waals surface area contributed by atoms with Gasteiger partial charge in [-0.15, -0.1) is 0 Å². The van der Waals surface area contributed by atoms with Gasteiger partial charge in [0.05, 0.1) is 44.0 Å². The molecule has 0 aromatic heterocycles. The molecular weight excluding hydrogens is 542 g/mol. The van der Waals surface area contributed by atoms with Crippen LogP contribution in [0.5, 0.6) is 23.0 Å². The highest BCUT2D eigenvalue weighted by molar-refractivity contribution is 9.10. The van der Waals surface area contributed by atoms with E-state index in [1.165, 1.54) is 19.1 Å². The summed E-state index contributed by atoms with van der Waals surface area (Å²) >= 11 is 3.41. The van der Waals surface area contributed by atoms with E-state index < -0.39 is 17.7 Å². The second-order valence-electron chi connectivity index (χ2n) is 8.06. The highest BCUT2D eigenvalue weighted by Crippen LogP contribution is 2.44. The summed E-state index contributed by atoms with van der Waals surface area (Å²) in [4.78, 5) is 28.2. The Morgan fingerprint density at radius 1 is 0.892 bits per heavy atom. The average molecular weight is 568 g/mol. The number of Topliss-reactive ketones (excluding diaryl/α,β-unsaturated/α-hetero) is 1. The molecule has 1 aliphatic heterocycles. The van der Waals surface area contributed by atoms with Gasteiger partial charge in [-0.25, -0.2) is 0 Å². The summed E-state index contributed by atoms with van der Waals surface area (Å²) in [6, 6.07) is 15.9. The summed E-state index contributed by atoms with van der Waals surface area (Å²) in [7, 11) is 4.60. The Morgan fingerprint density at radius 2 is 1.57 bits per heavy atom. The third-order valence-corrected chi connectivity index (χ3v) is 6.64. The fourth-order valence-corrected chi connectivity index (χ4v) is 4.80. The predicted octanol–water partition coefficient (Wildman–Crippen LogP) is 5.50. The number of hydrogen-bond donors (Lipinski definition) is 1. The van der Waals surface area contributed by atoms with E-state index in [-0.39, 0.29) is 11.3 Å². The lowest BCUT2D eigenvalue weighted by atomic mass is 9.94. The van der Waals surface area contributed by atoms with Crippen LogP contribution < -0.4 is 23.8 Å². The molecule has 4 rings (SSSR count). The lowest BCUT2D eigenvalue weighted by Gasteiger charge is -2.26. The molecule has 192 valence electrons. The molecule has 0 bridgehead atoms. The van der Waals surface area contributed by atoms with Gasteiger partial charge in [-0.1, -0.05) is 6.07 Å². The molecular formula is C28H26BrNO7. The lowest BCUT2D eigenvalue weighted by Crippen LogP contribution is -2.29. The second kappa shape index (κ2) is 11.0. The maximum Gasteiger partial charge on any atom is 0.300 e. The number of rotatable bonds is 8. The Hall–Kier alpha value is -3.98. The van der Waals surface area contributed by atoms with Crippen molar-refractivity contribution in [2.45, 2.75) is 13.0 Å². The summed E-state index contributed by atoms with van der Waals surface area (Å²) in [6.45, 7) is 2.23. The Bertz CT molecular complexity index is 1370. The minimum absolute atomic E-state index is 0.0505. The molecule has 9 heteroatoms. The quantitative estimate of drug-likeness (QED) is 0.218. The summed E-state index contributed by atoms with van der Waals surface area (Å²) < 4.78 is 22.3. The van der Waals surface area contributed by atoms with Gasteiger partial charge in [-0.05, 0) is 83.0 Å². The van der Waals surface area contributed by atoms with Crippen molar-refractivity contribution in [3.63, 3.8) is 0 Å². The molecule has 1 atom stereocenters. The van der Waals surface area contributed by atoms with E-state index in [9.17, 15) is 14.7 Å². The van der Waals surface area contributed by atoms with Gasteiger partial charge >= 0.3 is 0 Å². The van der Waals surface area contributed by atoms with Crippen LogP contribution in [0.25, 0.3) is 5.76 Å². The minimum Gasteiger partial charge on any atom is -0.507 e. The van der Waals surface area contributed by atoms with Gasteiger partial charge in [0.15, 0.2) is 11.5 Å². The zero-order valence-corrected chi connectivity index (χ0v) is 22.4. The summed E-state index contributed by atoms with van der Waals surface area (Å²) in [5.41, 5.74) is 1.33.